The minimum atomic E-state index is 0.0166. The first-order chi connectivity index (χ1) is 14.1. The fraction of sp³-hybridized carbons (Fsp3) is 0.500. The maximum absolute atomic E-state index is 12.8. The van der Waals surface area contributed by atoms with Crippen LogP contribution in [0.15, 0.2) is 42.7 Å². The molecule has 1 aromatic carbocycles. The van der Waals surface area contributed by atoms with Crippen molar-refractivity contribution >= 4 is 11.9 Å². The third-order valence-corrected chi connectivity index (χ3v) is 6.00. The molecule has 2 fully saturated rings. The van der Waals surface area contributed by atoms with Gasteiger partial charge >= 0.3 is 6.03 Å². The van der Waals surface area contributed by atoms with Crippen molar-refractivity contribution in [2.24, 2.45) is 0 Å². The van der Waals surface area contributed by atoms with E-state index in [1.54, 1.807) is 6.20 Å². The van der Waals surface area contributed by atoms with Crippen molar-refractivity contribution in [2.75, 3.05) is 19.6 Å². The van der Waals surface area contributed by atoms with Crippen molar-refractivity contribution in [3.63, 3.8) is 0 Å². The number of carbonyl (C=O) groups is 2. The van der Waals surface area contributed by atoms with Crippen molar-refractivity contribution < 1.29 is 9.59 Å². The van der Waals surface area contributed by atoms with Gasteiger partial charge in [-0.2, -0.15) is 5.10 Å². The number of hydrogen-bond donors (Lipinski definition) is 1. The molecule has 29 heavy (non-hydrogen) atoms. The Labute approximate surface area is 171 Å². The summed E-state index contributed by atoms with van der Waals surface area (Å²) < 4.78 is 1.89. The predicted octanol–water partition coefficient (Wildman–Crippen LogP) is 2.67. The van der Waals surface area contributed by atoms with Gasteiger partial charge in [0.15, 0.2) is 0 Å². The van der Waals surface area contributed by atoms with Gasteiger partial charge in [0.1, 0.15) is 0 Å². The van der Waals surface area contributed by atoms with Crippen molar-refractivity contribution in [2.45, 2.75) is 51.2 Å². The molecule has 2 aliphatic rings. The van der Waals surface area contributed by atoms with Gasteiger partial charge in [-0.15, -0.1) is 0 Å². The van der Waals surface area contributed by atoms with Crippen LogP contribution in [0, 0.1) is 6.92 Å². The lowest BCUT2D eigenvalue weighted by molar-refractivity contribution is 0.0706. The number of hydrogen-bond acceptors (Lipinski definition) is 3. The number of nitrogens with zero attached hydrogens (tertiary/aromatic N) is 4. The first kappa shape index (κ1) is 19.5. The molecule has 1 atom stereocenters. The Kier molecular flexibility index (Phi) is 5.83. The van der Waals surface area contributed by atoms with E-state index in [1.165, 1.54) is 0 Å². The number of urea groups is 1. The maximum Gasteiger partial charge on any atom is 0.317 e. The number of piperidine rings is 1. The lowest BCUT2D eigenvalue weighted by atomic mass is 10.0. The SMILES string of the molecule is Cc1ccc(C(=O)N2CCC(NC(=O)N3CCCC3Cn3cccn3)CC2)cc1. The summed E-state index contributed by atoms with van der Waals surface area (Å²) in [4.78, 5) is 29.3. The zero-order valence-corrected chi connectivity index (χ0v) is 17.0. The number of benzene rings is 1. The molecule has 0 bridgehead atoms. The van der Waals surface area contributed by atoms with Crippen LogP contribution in [0.4, 0.5) is 4.79 Å². The van der Waals surface area contributed by atoms with Gasteiger partial charge in [-0.25, -0.2) is 4.79 Å². The lowest BCUT2D eigenvalue weighted by Crippen LogP contribution is -2.51. The van der Waals surface area contributed by atoms with Gasteiger partial charge < -0.3 is 15.1 Å². The zero-order chi connectivity index (χ0) is 20.2. The fourth-order valence-corrected chi connectivity index (χ4v) is 4.28. The number of carbonyl (C=O) groups excluding carboxylic acids is 2. The smallest absolute Gasteiger partial charge is 0.317 e. The molecule has 3 heterocycles. The molecule has 0 aliphatic carbocycles. The molecular formula is C22H29N5O2. The van der Waals surface area contributed by atoms with E-state index < -0.39 is 0 Å². The molecule has 1 N–H and O–H groups in total. The molecule has 2 aromatic rings. The minimum absolute atomic E-state index is 0.0166. The second-order valence-electron chi connectivity index (χ2n) is 8.10. The third kappa shape index (κ3) is 4.60. The van der Waals surface area contributed by atoms with Crippen LogP contribution in [-0.4, -0.2) is 63.2 Å². The van der Waals surface area contributed by atoms with Crippen molar-refractivity contribution in [1.82, 2.24) is 24.9 Å². The van der Waals surface area contributed by atoms with Crippen LogP contribution in [0.3, 0.4) is 0 Å². The van der Waals surface area contributed by atoms with Crippen LogP contribution in [0.5, 0.6) is 0 Å². The van der Waals surface area contributed by atoms with Gasteiger partial charge in [-0.3, -0.25) is 9.48 Å². The Hall–Kier alpha value is -2.83. The van der Waals surface area contributed by atoms with Crippen LogP contribution < -0.4 is 5.32 Å². The van der Waals surface area contributed by atoms with E-state index in [4.69, 9.17) is 0 Å². The molecule has 3 amide bonds. The molecule has 7 nitrogen and oxygen atoms in total. The van der Waals surface area contributed by atoms with Gasteiger partial charge in [0.25, 0.3) is 5.91 Å². The van der Waals surface area contributed by atoms with Gasteiger partial charge in [0.05, 0.1) is 12.6 Å². The van der Waals surface area contributed by atoms with Crippen LogP contribution in [0.2, 0.25) is 0 Å². The van der Waals surface area contributed by atoms with E-state index in [9.17, 15) is 9.59 Å². The van der Waals surface area contributed by atoms with Crippen molar-refractivity contribution in [3.8, 4) is 0 Å². The highest BCUT2D eigenvalue weighted by molar-refractivity contribution is 5.94. The Morgan fingerprint density at radius 2 is 1.86 bits per heavy atom. The van der Waals surface area contributed by atoms with E-state index in [-0.39, 0.29) is 24.0 Å². The summed E-state index contributed by atoms with van der Waals surface area (Å²) in [5, 5.41) is 7.46. The molecule has 4 rings (SSSR count). The minimum Gasteiger partial charge on any atom is -0.338 e. The molecule has 2 saturated heterocycles. The monoisotopic (exact) mass is 395 g/mol. The third-order valence-electron chi connectivity index (χ3n) is 6.00. The molecule has 154 valence electrons. The molecule has 1 unspecified atom stereocenters. The summed E-state index contributed by atoms with van der Waals surface area (Å²) in [5.41, 5.74) is 1.88. The largest absolute Gasteiger partial charge is 0.338 e. The molecule has 0 spiro atoms. The number of likely N-dealkylation sites (tertiary alicyclic amines) is 2. The maximum atomic E-state index is 12.8. The Balaban J connectivity index is 1.27. The van der Waals surface area contributed by atoms with Crippen LogP contribution in [-0.2, 0) is 6.54 Å². The number of nitrogens with one attached hydrogen (secondary N) is 1. The molecule has 7 heteroatoms. The van der Waals surface area contributed by atoms with E-state index in [0.29, 0.717) is 13.1 Å². The standard InChI is InChI=1S/C22H29N5O2/c1-17-5-7-18(8-6-17)21(28)25-14-9-19(10-15-25)24-22(29)27-13-2-4-20(27)16-26-12-3-11-23-26/h3,5-8,11-12,19-20H,2,4,9-10,13-16H2,1H3,(H,24,29). The van der Waals surface area contributed by atoms with Crippen LogP contribution >= 0.6 is 0 Å². The predicted molar refractivity (Wildman–Crippen MR) is 111 cm³/mol. The summed E-state index contributed by atoms with van der Waals surface area (Å²) in [6, 6.07) is 9.95. The van der Waals surface area contributed by atoms with E-state index in [0.717, 1.165) is 49.9 Å². The quantitative estimate of drug-likeness (QED) is 0.865. The fourth-order valence-electron chi connectivity index (χ4n) is 4.28. The Morgan fingerprint density at radius 1 is 1.10 bits per heavy atom. The topological polar surface area (TPSA) is 70.5 Å². The summed E-state index contributed by atoms with van der Waals surface area (Å²) in [5.74, 6) is 0.0774. The van der Waals surface area contributed by atoms with Crippen molar-refractivity contribution in [1.29, 1.82) is 0 Å². The summed E-state index contributed by atoms with van der Waals surface area (Å²) in [7, 11) is 0. The van der Waals surface area contributed by atoms with Gasteiger partial charge in [0, 0.05) is 43.6 Å². The Morgan fingerprint density at radius 3 is 2.55 bits per heavy atom. The summed E-state index contributed by atoms with van der Waals surface area (Å²) in [6.07, 6.45) is 7.34. The number of rotatable bonds is 4. The number of aromatic nitrogens is 2. The normalized spacial score (nSPS) is 20.1. The molecular weight excluding hydrogens is 366 g/mol. The Bertz CT molecular complexity index is 825. The first-order valence-electron chi connectivity index (χ1n) is 10.5. The second-order valence-corrected chi connectivity index (χ2v) is 8.10. The van der Waals surface area contributed by atoms with Gasteiger partial charge in [-0.1, -0.05) is 17.7 Å². The number of amides is 3. The first-order valence-corrected chi connectivity index (χ1v) is 10.5. The van der Waals surface area contributed by atoms with Crippen molar-refractivity contribution in [3.05, 3.63) is 53.9 Å². The molecule has 0 saturated carbocycles. The van der Waals surface area contributed by atoms with E-state index >= 15 is 0 Å². The second kappa shape index (κ2) is 8.68. The van der Waals surface area contributed by atoms with E-state index in [1.807, 2.05) is 57.9 Å². The average molecular weight is 396 g/mol. The number of aryl methyl sites for hydroxylation is 1. The van der Waals surface area contributed by atoms with Gasteiger partial charge in [-0.05, 0) is 50.8 Å². The zero-order valence-electron chi connectivity index (χ0n) is 17.0. The summed E-state index contributed by atoms with van der Waals surface area (Å²) >= 11 is 0. The molecule has 1 aromatic heterocycles. The lowest BCUT2D eigenvalue weighted by Gasteiger charge is -2.34. The van der Waals surface area contributed by atoms with Gasteiger partial charge in [0.2, 0.25) is 0 Å². The van der Waals surface area contributed by atoms with Crippen LogP contribution in [0.25, 0.3) is 0 Å². The average Bonchev–Trinajstić information content (AvgIpc) is 3.41. The van der Waals surface area contributed by atoms with E-state index in [2.05, 4.69) is 10.4 Å². The summed E-state index contributed by atoms with van der Waals surface area (Å²) in [6.45, 7) is 4.90. The highest BCUT2D eigenvalue weighted by Gasteiger charge is 2.31. The molecule has 2 aliphatic heterocycles. The highest BCUT2D eigenvalue weighted by atomic mass is 16.2. The highest BCUT2D eigenvalue weighted by Crippen LogP contribution is 2.20. The molecule has 0 radical (unpaired) electrons. The van der Waals surface area contributed by atoms with Crippen LogP contribution in [0.1, 0.15) is 41.6 Å².